The highest BCUT2D eigenvalue weighted by Crippen LogP contribution is 2.30. The molecular formula is C9H16N2O2. The average Bonchev–Trinajstić information content (AvgIpc) is 2.87. The van der Waals surface area contributed by atoms with Gasteiger partial charge in [0.2, 0.25) is 0 Å². The van der Waals surface area contributed by atoms with E-state index in [0.717, 1.165) is 13.0 Å². The predicted molar refractivity (Wildman–Crippen MR) is 48.3 cm³/mol. The van der Waals surface area contributed by atoms with Gasteiger partial charge in [0.25, 0.3) is 0 Å². The molecule has 0 spiro atoms. The van der Waals surface area contributed by atoms with Gasteiger partial charge in [-0.15, -0.1) is 0 Å². The Kier molecular flexibility index (Phi) is 2.26. The first-order valence-corrected chi connectivity index (χ1v) is 4.91. The SMILES string of the molecule is NC1CCN(C2CC2)CC1C(=O)O. The first-order valence-electron chi connectivity index (χ1n) is 4.91. The van der Waals surface area contributed by atoms with Crippen molar-refractivity contribution in [1.29, 1.82) is 0 Å². The summed E-state index contributed by atoms with van der Waals surface area (Å²) in [7, 11) is 0. The van der Waals surface area contributed by atoms with E-state index in [0.29, 0.717) is 12.6 Å². The van der Waals surface area contributed by atoms with Crippen LogP contribution in [0, 0.1) is 5.92 Å². The van der Waals surface area contributed by atoms with Gasteiger partial charge in [0.1, 0.15) is 0 Å². The third kappa shape index (κ3) is 1.84. The molecule has 2 fully saturated rings. The maximum absolute atomic E-state index is 10.8. The summed E-state index contributed by atoms with van der Waals surface area (Å²) in [5, 5.41) is 8.92. The summed E-state index contributed by atoms with van der Waals surface area (Å²) >= 11 is 0. The number of carboxylic acids is 1. The zero-order valence-corrected chi connectivity index (χ0v) is 7.65. The van der Waals surface area contributed by atoms with Crippen molar-refractivity contribution in [1.82, 2.24) is 4.90 Å². The third-order valence-electron chi connectivity index (χ3n) is 3.08. The first-order chi connectivity index (χ1) is 6.18. The fourth-order valence-corrected chi connectivity index (χ4v) is 2.03. The minimum absolute atomic E-state index is 0.146. The fraction of sp³-hybridized carbons (Fsp3) is 0.889. The molecule has 0 aromatic carbocycles. The summed E-state index contributed by atoms with van der Waals surface area (Å²) in [6, 6.07) is 0.516. The van der Waals surface area contributed by atoms with Gasteiger partial charge < -0.3 is 10.8 Å². The molecule has 13 heavy (non-hydrogen) atoms. The Morgan fingerprint density at radius 3 is 2.62 bits per heavy atom. The second kappa shape index (κ2) is 3.27. The van der Waals surface area contributed by atoms with Crippen LogP contribution in [0.4, 0.5) is 0 Å². The number of rotatable bonds is 2. The van der Waals surface area contributed by atoms with Crippen molar-refractivity contribution < 1.29 is 9.90 Å². The maximum Gasteiger partial charge on any atom is 0.309 e. The highest BCUT2D eigenvalue weighted by atomic mass is 16.4. The molecule has 0 aromatic rings. The number of likely N-dealkylation sites (tertiary alicyclic amines) is 1. The molecule has 0 amide bonds. The number of hydrogen-bond donors (Lipinski definition) is 2. The van der Waals surface area contributed by atoms with Gasteiger partial charge in [-0.1, -0.05) is 0 Å². The standard InChI is InChI=1S/C9H16N2O2/c10-8-3-4-11(6-1-2-6)5-7(8)9(12)13/h6-8H,1-5,10H2,(H,12,13). The van der Waals surface area contributed by atoms with Crippen LogP contribution >= 0.6 is 0 Å². The summed E-state index contributed by atoms with van der Waals surface area (Å²) in [6.07, 6.45) is 3.30. The van der Waals surface area contributed by atoms with Crippen molar-refractivity contribution in [3.63, 3.8) is 0 Å². The molecule has 74 valence electrons. The molecule has 1 heterocycles. The maximum atomic E-state index is 10.8. The van der Waals surface area contributed by atoms with Gasteiger partial charge in [0.05, 0.1) is 5.92 Å². The fourth-order valence-electron chi connectivity index (χ4n) is 2.03. The van der Waals surface area contributed by atoms with E-state index in [9.17, 15) is 4.79 Å². The Hall–Kier alpha value is -0.610. The Balaban J connectivity index is 1.96. The van der Waals surface area contributed by atoms with Gasteiger partial charge >= 0.3 is 5.97 Å². The van der Waals surface area contributed by atoms with E-state index < -0.39 is 5.97 Å². The lowest BCUT2D eigenvalue weighted by molar-refractivity contribution is -0.144. The van der Waals surface area contributed by atoms with Gasteiger partial charge in [-0.05, 0) is 25.8 Å². The normalized spacial score (nSPS) is 36.1. The van der Waals surface area contributed by atoms with E-state index in [-0.39, 0.29) is 12.0 Å². The lowest BCUT2D eigenvalue weighted by atomic mass is 9.93. The molecular weight excluding hydrogens is 168 g/mol. The van der Waals surface area contributed by atoms with Crippen LogP contribution in [0.2, 0.25) is 0 Å². The Morgan fingerprint density at radius 1 is 1.38 bits per heavy atom. The number of piperidine rings is 1. The molecule has 1 aliphatic heterocycles. The predicted octanol–water partition coefficient (Wildman–Crippen LogP) is -0.117. The average molecular weight is 184 g/mol. The number of aliphatic carboxylic acids is 1. The number of nitrogens with two attached hydrogens (primary N) is 1. The molecule has 2 atom stereocenters. The Morgan fingerprint density at radius 2 is 2.08 bits per heavy atom. The van der Waals surface area contributed by atoms with Crippen LogP contribution in [-0.4, -0.2) is 41.1 Å². The Bertz CT molecular complexity index is 216. The van der Waals surface area contributed by atoms with Crippen LogP contribution in [0.1, 0.15) is 19.3 Å². The second-order valence-electron chi connectivity index (χ2n) is 4.12. The molecule has 1 saturated carbocycles. The smallest absolute Gasteiger partial charge is 0.309 e. The largest absolute Gasteiger partial charge is 0.481 e. The summed E-state index contributed by atoms with van der Waals surface area (Å²) in [5.74, 6) is -1.09. The number of nitrogens with zero attached hydrogens (tertiary/aromatic N) is 1. The summed E-state index contributed by atoms with van der Waals surface area (Å²) in [6.45, 7) is 1.64. The minimum Gasteiger partial charge on any atom is -0.481 e. The van der Waals surface area contributed by atoms with Crippen LogP contribution < -0.4 is 5.73 Å². The molecule has 1 saturated heterocycles. The molecule has 4 heteroatoms. The van der Waals surface area contributed by atoms with Gasteiger partial charge in [-0.3, -0.25) is 9.69 Å². The van der Waals surface area contributed by atoms with Crippen LogP contribution in [0.25, 0.3) is 0 Å². The second-order valence-corrected chi connectivity index (χ2v) is 4.12. The number of carboxylic acid groups (broad SMARTS) is 1. The van der Waals surface area contributed by atoms with Crippen molar-refractivity contribution in [2.45, 2.75) is 31.3 Å². The quantitative estimate of drug-likeness (QED) is 0.628. The monoisotopic (exact) mass is 184 g/mol. The molecule has 4 nitrogen and oxygen atoms in total. The van der Waals surface area contributed by atoms with E-state index >= 15 is 0 Å². The summed E-state index contributed by atoms with van der Waals surface area (Å²) in [4.78, 5) is 13.1. The van der Waals surface area contributed by atoms with E-state index in [1.807, 2.05) is 0 Å². The lowest BCUT2D eigenvalue weighted by Gasteiger charge is -2.34. The van der Waals surface area contributed by atoms with Crippen molar-refractivity contribution in [3.8, 4) is 0 Å². The lowest BCUT2D eigenvalue weighted by Crippen LogP contribution is -2.50. The van der Waals surface area contributed by atoms with Crippen LogP contribution in [0.3, 0.4) is 0 Å². The van der Waals surface area contributed by atoms with Crippen molar-refractivity contribution in [2.75, 3.05) is 13.1 Å². The molecule has 0 bridgehead atoms. The topological polar surface area (TPSA) is 66.6 Å². The van der Waals surface area contributed by atoms with E-state index in [1.54, 1.807) is 0 Å². The number of carbonyl (C=O) groups is 1. The van der Waals surface area contributed by atoms with Gasteiger partial charge in [-0.2, -0.15) is 0 Å². The zero-order valence-electron chi connectivity index (χ0n) is 7.65. The highest BCUT2D eigenvalue weighted by Gasteiger charge is 2.38. The molecule has 2 aliphatic rings. The van der Waals surface area contributed by atoms with Crippen molar-refractivity contribution in [3.05, 3.63) is 0 Å². The highest BCUT2D eigenvalue weighted by molar-refractivity contribution is 5.71. The Labute approximate surface area is 77.7 Å². The third-order valence-corrected chi connectivity index (χ3v) is 3.08. The van der Waals surface area contributed by atoms with E-state index in [4.69, 9.17) is 10.8 Å². The van der Waals surface area contributed by atoms with Gasteiger partial charge in [-0.25, -0.2) is 0 Å². The number of hydrogen-bond acceptors (Lipinski definition) is 3. The van der Waals surface area contributed by atoms with Crippen LogP contribution in [0.5, 0.6) is 0 Å². The minimum atomic E-state index is -0.738. The molecule has 1 aliphatic carbocycles. The van der Waals surface area contributed by atoms with Crippen molar-refractivity contribution in [2.24, 2.45) is 11.7 Å². The first kappa shape index (κ1) is 8.97. The summed E-state index contributed by atoms with van der Waals surface area (Å²) < 4.78 is 0. The molecule has 0 radical (unpaired) electrons. The summed E-state index contributed by atoms with van der Waals surface area (Å²) in [5.41, 5.74) is 5.76. The van der Waals surface area contributed by atoms with Gasteiger partial charge in [0, 0.05) is 18.6 Å². The molecule has 2 rings (SSSR count). The molecule has 3 N–H and O–H groups in total. The molecule has 0 aromatic heterocycles. The zero-order chi connectivity index (χ0) is 9.42. The van der Waals surface area contributed by atoms with Gasteiger partial charge in [0.15, 0.2) is 0 Å². The van der Waals surface area contributed by atoms with Crippen molar-refractivity contribution >= 4 is 5.97 Å². The van der Waals surface area contributed by atoms with E-state index in [2.05, 4.69) is 4.90 Å². The van der Waals surface area contributed by atoms with Crippen LogP contribution in [-0.2, 0) is 4.79 Å². The van der Waals surface area contributed by atoms with E-state index in [1.165, 1.54) is 12.8 Å². The molecule has 2 unspecified atom stereocenters. The van der Waals surface area contributed by atoms with Crippen LogP contribution in [0.15, 0.2) is 0 Å².